The summed E-state index contributed by atoms with van der Waals surface area (Å²) in [5, 5.41) is 2.62. The third-order valence-electron chi connectivity index (χ3n) is 4.42. The van der Waals surface area contributed by atoms with E-state index in [0.717, 1.165) is 25.1 Å². The fourth-order valence-corrected chi connectivity index (χ4v) is 3.89. The molecule has 2 fully saturated rings. The van der Waals surface area contributed by atoms with Gasteiger partial charge in [-0.2, -0.15) is 0 Å². The quantitative estimate of drug-likeness (QED) is 0.800. The predicted molar refractivity (Wildman–Crippen MR) is 95.1 cm³/mol. The molecule has 2 aliphatic rings. The normalized spacial score (nSPS) is 23.9. The number of carbonyl (C=O) groups excluding carboxylic acids is 2. The number of hydrogen-bond acceptors (Lipinski definition) is 5. The molecule has 0 aromatic heterocycles. The minimum absolute atomic E-state index is 0.141. The van der Waals surface area contributed by atoms with Crippen LogP contribution in [0.1, 0.15) is 31.2 Å². The number of amides is 2. The Morgan fingerprint density at radius 1 is 1.52 bits per heavy atom. The Morgan fingerprint density at radius 2 is 2.36 bits per heavy atom. The van der Waals surface area contributed by atoms with Crippen LogP contribution in [0.25, 0.3) is 0 Å². The first-order valence-corrected chi connectivity index (χ1v) is 9.40. The van der Waals surface area contributed by atoms with Crippen molar-refractivity contribution >= 4 is 29.6 Å². The van der Waals surface area contributed by atoms with Crippen molar-refractivity contribution in [3.05, 3.63) is 29.6 Å². The van der Waals surface area contributed by atoms with E-state index in [2.05, 4.69) is 10.0 Å². The van der Waals surface area contributed by atoms with Gasteiger partial charge in [-0.15, -0.1) is 0 Å². The van der Waals surface area contributed by atoms with Crippen LogP contribution in [0.4, 0.5) is 14.9 Å². The Labute approximate surface area is 150 Å². The summed E-state index contributed by atoms with van der Waals surface area (Å²) in [5.41, 5.74) is 1.16. The van der Waals surface area contributed by atoms with Gasteiger partial charge in [0.05, 0.1) is 18.8 Å². The molecule has 1 aromatic rings. The number of nitrogens with zero attached hydrogens (tertiary/aromatic N) is 1. The molecular weight excluding hydrogens is 345 g/mol. The number of rotatable bonds is 4. The number of hydrogen-bond donors (Lipinski definition) is 2. The summed E-state index contributed by atoms with van der Waals surface area (Å²) < 4.78 is 23.1. The lowest BCUT2D eigenvalue weighted by atomic mass is 9.94. The molecule has 0 aliphatic carbocycles. The summed E-state index contributed by atoms with van der Waals surface area (Å²) in [7, 11) is 0. The van der Waals surface area contributed by atoms with E-state index in [1.807, 2.05) is 0 Å². The van der Waals surface area contributed by atoms with E-state index in [4.69, 9.17) is 4.74 Å². The number of cyclic esters (lactones) is 1. The summed E-state index contributed by atoms with van der Waals surface area (Å²) in [6, 6.07) is 4.93. The number of ether oxygens (including phenoxy) is 1. The van der Waals surface area contributed by atoms with Crippen LogP contribution in [0.5, 0.6) is 0 Å². The van der Waals surface area contributed by atoms with Crippen LogP contribution < -0.4 is 14.9 Å². The number of nitrogens with one attached hydrogen (secondary N) is 2. The molecule has 136 valence electrons. The van der Waals surface area contributed by atoms with Gasteiger partial charge in [0.15, 0.2) is 0 Å². The van der Waals surface area contributed by atoms with E-state index in [0.29, 0.717) is 17.8 Å². The minimum atomic E-state index is -0.518. The molecule has 2 atom stereocenters. The van der Waals surface area contributed by atoms with E-state index in [1.165, 1.54) is 17.9 Å². The third kappa shape index (κ3) is 4.43. The second-order valence-corrected chi connectivity index (χ2v) is 7.28. The van der Waals surface area contributed by atoms with E-state index in [1.54, 1.807) is 24.1 Å². The maximum Gasteiger partial charge on any atom is 0.414 e. The van der Waals surface area contributed by atoms with Gasteiger partial charge < -0.3 is 10.1 Å². The largest absolute Gasteiger partial charge is 0.442 e. The van der Waals surface area contributed by atoms with Gasteiger partial charge in [0, 0.05) is 25.1 Å². The van der Waals surface area contributed by atoms with Crippen molar-refractivity contribution < 1.29 is 18.7 Å². The maximum atomic E-state index is 14.6. The van der Waals surface area contributed by atoms with Crippen LogP contribution in [0, 0.1) is 5.82 Å². The van der Waals surface area contributed by atoms with Crippen LogP contribution in [-0.4, -0.2) is 43.5 Å². The van der Waals surface area contributed by atoms with Gasteiger partial charge in [-0.1, -0.05) is 18.0 Å². The molecule has 2 amide bonds. The minimum Gasteiger partial charge on any atom is -0.442 e. The lowest BCUT2D eigenvalue weighted by Crippen LogP contribution is -2.33. The number of anilines is 1. The standard InChI is InChI=1S/C17H22FN3O3S/c1-11(22)19-9-14-10-21(17(23)24-14)13-4-5-15(16(18)7-13)12-3-2-6-25-20-8-12/h4-5,7,12,14,20H,2-3,6,8-10H2,1H3,(H,19,22). The molecule has 25 heavy (non-hydrogen) atoms. The van der Waals surface area contributed by atoms with Crippen molar-refractivity contribution in [1.29, 1.82) is 0 Å². The lowest BCUT2D eigenvalue weighted by Gasteiger charge is -2.18. The average molecular weight is 367 g/mol. The molecule has 2 aliphatic heterocycles. The van der Waals surface area contributed by atoms with E-state index in [9.17, 15) is 14.0 Å². The van der Waals surface area contributed by atoms with Gasteiger partial charge >= 0.3 is 6.09 Å². The predicted octanol–water partition coefficient (Wildman–Crippen LogP) is 2.40. The summed E-state index contributed by atoms with van der Waals surface area (Å²) in [6.45, 7) is 2.69. The molecule has 8 heteroatoms. The van der Waals surface area contributed by atoms with Crippen molar-refractivity contribution in [2.24, 2.45) is 0 Å². The first-order valence-electron chi connectivity index (χ1n) is 8.41. The van der Waals surface area contributed by atoms with E-state index >= 15 is 0 Å². The Hall–Kier alpha value is -1.80. The highest BCUT2D eigenvalue weighted by molar-refractivity contribution is 7.97. The fourth-order valence-electron chi connectivity index (χ4n) is 3.11. The van der Waals surface area contributed by atoms with Crippen LogP contribution in [0.3, 0.4) is 0 Å². The van der Waals surface area contributed by atoms with Crippen molar-refractivity contribution in [2.75, 3.05) is 30.3 Å². The molecule has 2 saturated heterocycles. The van der Waals surface area contributed by atoms with Gasteiger partial charge in [-0.05, 0) is 30.5 Å². The summed E-state index contributed by atoms with van der Waals surface area (Å²) >= 11 is 1.68. The monoisotopic (exact) mass is 367 g/mol. The Balaban J connectivity index is 1.69. The average Bonchev–Trinajstić information content (AvgIpc) is 2.78. The van der Waals surface area contributed by atoms with Crippen molar-refractivity contribution in [2.45, 2.75) is 31.8 Å². The summed E-state index contributed by atoms with van der Waals surface area (Å²) in [5.74, 6) is 0.697. The molecule has 2 heterocycles. The molecule has 0 radical (unpaired) electrons. The van der Waals surface area contributed by atoms with Gasteiger partial charge in [-0.25, -0.2) is 9.18 Å². The SMILES string of the molecule is CC(=O)NCC1CN(c2ccc(C3CCCSNC3)c(F)c2)C(=O)O1. The highest BCUT2D eigenvalue weighted by atomic mass is 32.2. The van der Waals surface area contributed by atoms with Crippen molar-refractivity contribution in [3.63, 3.8) is 0 Å². The molecule has 2 unspecified atom stereocenters. The second-order valence-electron chi connectivity index (χ2n) is 6.30. The van der Waals surface area contributed by atoms with Crippen molar-refractivity contribution in [3.8, 4) is 0 Å². The zero-order valence-electron chi connectivity index (χ0n) is 14.1. The first-order chi connectivity index (χ1) is 12.0. The molecule has 3 rings (SSSR count). The lowest BCUT2D eigenvalue weighted by molar-refractivity contribution is -0.119. The Morgan fingerprint density at radius 3 is 3.12 bits per heavy atom. The van der Waals surface area contributed by atoms with E-state index < -0.39 is 12.2 Å². The van der Waals surface area contributed by atoms with Crippen molar-refractivity contribution in [1.82, 2.24) is 10.0 Å². The first kappa shape index (κ1) is 18.0. The smallest absolute Gasteiger partial charge is 0.414 e. The van der Waals surface area contributed by atoms with Crippen LogP contribution in [0.15, 0.2) is 18.2 Å². The molecule has 2 N–H and O–H groups in total. The molecule has 0 saturated carbocycles. The van der Waals surface area contributed by atoms with Gasteiger partial charge in [0.2, 0.25) is 5.91 Å². The van der Waals surface area contributed by atoms with Gasteiger partial charge in [0.1, 0.15) is 11.9 Å². The molecule has 1 aromatic carbocycles. The zero-order valence-corrected chi connectivity index (χ0v) is 14.9. The van der Waals surface area contributed by atoms with Crippen LogP contribution in [0.2, 0.25) is 0 Å². The molecule has 6 nitrogen and oxygen atoms in total. The van der Waals surface area contributed by atoms with Gasteiger partial charge in [-0.3, -0.25) is 14.4 Å². The highest BCUT2D eigenvalue weighted by Gasteiger charge is 2.33. The summed E-state index contributed by atoms with van der Waals surface area (Å²) in [6.07, 6.45) is 1.05. The highest BCUT2D eigenvalue weighted by Crippen LogP contribution is 2.30. The Kier molecular flexibility index (Phi) is 5.80. The fraction of sp³-hybridized carbons (Fsp3) is 0.529. The zero-order chi connectivity index (χ0) is 17.8. The molecule has 0 bridgehead atoms. The van der Waals surface area contributed by atoms with Gasteiger partial charge in [0.25, 0.3) is 0 Å². The van der Waals surface area contributed by atoms with Crippen LogP contribution in [-0.2, 0) is 9.53 Å². The topological polar surface area (TPSA) is 70.7 Å². The molecular formula is C17H22FN3O3S. The number of benzene rings is 1. The number of halogens is 1. The summed E-state index contributed by atoms with van der Waals surface area (Å²) in [4.78, 5) is 24.4. The Bertz CT molecular complexity index is 650. The third-order valence-corrected chi connectivity index (χ3v) is 5.28. The van der Waals surface area contributed by atoms with E-state index in [-0.39, 0.29) is 24.2 Å². The second kappa shape index (κ2) is 8.05. The van der Waals surface area contributed by atoms with Crippen LogP contribution >= 0.6 is 11.9 Å². The maximum absolute atomic E-state index is 14.6. The number of carbonyl (C=O) groups is 2. The molecule has 0 spiro atoms.